The van der Waals surface area contributed by atoms with E-state index in [1.807, 2.05) is 6.07 Å². The summed E-state index contributed by atoms with van der Waals surface area (Å²) in [6.45, 7) is 1.74. The van der Waals surface area contributed by atoms with Crippen LogP contribution in [0.4, 0.5) is 0 Å². The van der Waals surface area contributed by atoms with Crippen molar-refractivity contribution in [3.8, 4) is 6.07 Å². The molecule has 2 unspecified atom stereocenters. The molecular weight excluding hydrogens is 260 g/mol. The first-order valence-electron chi connectivity index (χ1n) is 4.39. The predicted molar refractivity (Wildman–Crippen MR) is 58.4 cm³/mol. The molecule has 0 saturated carbocycles. The van der Waals surface area contributed by atoms with Crippen molar-refractivity contribution in [3.05, 3.63) is 29.1 Å². The van der Waals surface area contributed by atoms with Gasteiger partial charge in [0, 0.05) is 17.1 Å². The standard InChI is InChI=1S/C10H11BrN2O2/c1-6-2-7(5-13-8(6)4-12)10(15)9(14)3-11/h2,5,9-10,14-15H,3H2,1H3. The smallest absolute Gasteiger partial charge is 0.143 e. The molecule has 0 aliphatic rings. The van der Waals surface area contributed by atoms with Gasteiger partial charge in [0.2, 0.25) is 0 Å². The van der Waals surface area contributed by atoms with Gasteiger partial charge in [0.25, 0.3) is 0 Å². The number of rotatable bonds is 3. The summed E-state index contributed by atoms with van der Waals surface area (Å²) in [6.07, 6.45) is -0.454. The number of aliphatic hydroxyl groups excluding tert-OH is 2. The summed E-state index contributed by atoms with van der Waals surface area (Å²) >= 11 is 3.08. The zero-order chi connectivity index (χ0) is 11.4. The number of hydrogen-bond donors (Lipinski definition) is 2. The second-order valence-corrected chi connectivity index (χ2v) is 3.86. The molecule has 0 spiro atoms. The maximum absolute atomic E-state index is 9.67. The van der Waals surface area contributed by atoms with Crippen LogP contribution in [-0.2, 0) is 0 Å². The fourth-order valence-corrected chi connectivity index (χ4v) is 1.54. The van der Waals surface area contributed by atoms with Gasteiger partial charge in [0.15, 0.2) is 0 Å². The second kappa shape index (κ2) is 5.21. The number of nitriles is 1. The lowest BCUT2D eigenvalue weighted by Crippen LogP contribution is -2.19. The summed E-state index contributed by atoms with van der Waals surface area (Å²) in [5.41, 5.74) is 1.54. The SMILES string of the molecule is Cc1cc(C(O)C(O)CBr)cnc1C#N. The van der Waals surface area contributed by atoms with Crippen molar-refractivity contribution in [2.75, 3.05) is 5.33 Å². The first kappa shape index (κ1) is 12.1. The van der Waals surface area contributed by atoms with Crippen LogP contribution in [0.1, 0.15) is 22.9 Å². The lowest BCUT2D eigenvalue weighted by atomic mass is 10.0. The van der Waals surface area contributed by atoms with Crippen LogP contribution in [0.15, 0.2) is 12.3 Å². The molecule has 0 saturated heterocycles. The van der Waals surface area contributed by atoms with E-state index in [1.165, 1.54) is 6.20 Å². The van der Waals surface area contributed by atoms with Crippen molar-refractivity contribution < 1.29 is 10.2 Å². The van der Waals surface area contributed by atoms with E-state index in [4.69, 9.17) is 5.26 Å². The average molecular weight is 271 g/mol. The Morgan fingerprint density at radius 3 is 2.73 bits per heavy atom. The van der Waals surface area contributed by atoms with Gasteiger partial charge >= 0.3 is 0 Å². The van der Waals surface area contributed by atoms with Gasteiger partial charge in [-0.05, 0) is 18.6 Å². The third kappa shape index (κ3) is 2.75. The van der Waals surface area contributed by atoms with Crippen LogP contribution >= 0.6 is 15.9 Å². The summed E-state index contributed by atoms with van der Waals surface area (Å²) in [5, 5.41) is 28.0. The topological polar surface area (TPSA) is 77.1 Å². The van der Waals surface area contributed by atoms with Gasteiger partial charge in [-0.25, -0.2) is 4.98 Å². The van der Waals surface area contributed by atoms with Gasteiger partial charge in [-0.2, -0.15) is 5.26 Å². The number of halogens is 1. The van der Waals surface area contributed by atoms with Crippen molar-refractivity contribution in [1.82, 2.24) is 4.98 Å². The fraction of sp³-hybridized carbons (Fsp3) is 0.400. The molecule has 4 nitrogen and oxygen atoms in total. The maximum Gasteiger partial charge on any atom is 0.143 e. The van der Waals surface area contributed by atoms with E-state index in [1.54, 1.807) is 13.0 Å². The highest BCUT2D eigenvalue weighted by atomic mass is 79.9. The van der Waals surface area contributed by atoms with Gasteiger partial charge in [-0.3, -0.25) is 0 Å². The molecule has 0 radical (unpaired) electrons. The summed E-state index contributed by atoms with van der Waals surface area (Å²) in [5.74, 6) is 0. The molecule has 1 heterocycles. The molecule has 2 N–H and O–H groups in total. The Labute approximate surface area is 96.3 Å². The highest BCUT2D eigenvalue weighted by Gasteiger charge is 2.18. The highest BCUT2D eigenvalue weighted by Crippen LogP contribution is 2.19. The first-order chi connectivity index (χ1) is 7.10. The van der Waals surface area contributed by atoms with Crippen LogP contribution in [0.5, 0.6) is 0 Å². The van der Waals surface area contributed by atoms with E-state index in [-0.39, 0.29) is 5.33 Å². The summed E-state index contributed by atoms with van der Waals surface area (Å²) in [7, 11) is 0. The zero-order valence-electron chi connectivity index (χ0n) is 8.18. The highest BCUT2D eigenvalue weighted by molar-refractivity contribution is 9.09. The molecular formula is C10H11BrN2O2. The molecule has 1 aromatic heterocycles. The van der Waals surface area contributed by atoms with E-state index in [0.29, 0.717) is 16.8 Å². The molecule has 80 valence electrons. The zero-order valence-corrected chi connectivity index (χ0v) is 9.77. The Bertz CT molecular complexity index is 389. The van der Waals surface area contributed by atoms with Crippen molar-refractivity contribution >= 4 is 15.9 Å². The van der Waals surface area contributed by atoms with Gasteiger partial charge in [0.05, 0.1) is 6.10 Å². The summed E-state index contributed by atoms with van der Waals surface area (Å²) in [6, 6.07) is 3.59. The molecule has 15 heavy (non-hydrogen) atoms. The van der Waals surface area contributed by atoms with Crippen molar-refractivity contribution in [2.45, 2.75) is 19.1 Å². The number of hydrogen-bond acceptors (Lipinski definition) is 4. The molecule has 2 atom stereocenters. The number of nitrogens with zero attached hydrogens (tertiary/aromatic N) is 2. The van der Waals surface area contributed by atoms with Crippen LogP contribution < -0.4 is 0 Å². The largest absolute Gasteiger partial charge is 0.389 e. The number of pyridine rings is 1. The fourth-order valence-electron chi connectivity index (χ4n) is 1.18. The predicted octanol–water partition coefficient (Wildman–Crippen LogP) is 1.05. The quantitative estimate of drug-likeness (QED) is 0.805. The lowest BCUT2D eigenvalue weighted by Gasteiger charge is -2.15. The Balaban J connectivity index is 2.98. The van der Waals surface area contributed by atoms with E-state index < -0.39 is 12.2 Å². The first-order valence-corrected chi connectivity index (χ1v) is 5.51. The summed E-state index contributed by atoms with van der Waals surface area (Å²) in [4.78, 5) is 3.89. The number of aromatic nitrogens is 1. The Kier molecular flexibility index (Phi) is 4.21. The number of alkyl halides is 1. The minimum Gasteiger partial charge on any atom is -0.389 e. The maximum atomic E-state index is 9.67. The molecule has 0 bridgehead atoms. The molecule has 0 fully saturated rings. The van der Waals surface area contributed by atoms with Gasteiger partial charge in [-0.1, -0.05) is 15.9 Å². The second-order valence-electron chi connectivity index (χ2n) is 3.21. The minimum absolute atomic E-state index is 0.285. The van der Waals surface area contributed by atoms with Crippen molar-refractivity contribution in [1.29, 1.82) is 5.26 Å². The molecule has 0 aliphatic heterocycles. The Hall–Kier alpha value is -0.960. The Morgan fingerprint density at radius 2 is 2.27 bits per heavy atom. The van der Waals surface area contributed by atoms with Gasteiger partial charge < -0.3 is 10.2 Å². The third-order valence-electron chi connectivity index (χ3n) is 2.07. The van der Waals surface area contributed by atoms with Crippen LogP contribution in [-0.4, -0.2) is 26.6 Å². The Morgan fingerprint density at radius 1 is 1.60 bits per heavy atom. The van der Waals surface area contributed by atoms with E-state index >= 15 is 0 Å². The molecule has 0 aromatic carbocycles. The minimum atomic E-state index is -0.983. The third-order valence-corrected chi connectivity index (χ3v) is 2.73. The van der Waals surface area contributed by atoms with Crippen LogP contribution in [0.3, 0.4) is 0 Å². The van der Waals surface area contributed by atoms with Gasteiger partial charge in [-0.15, -0.1) is 0 Å². The van der Waals surface area contributed by atoms with Crippen LogP contribution in [0, 0.1) is 18.3 Å². The molecule has 0 amide bonds. The number of aryl methyl sites for hydroxylation is 1. The van der Waals surface area contributed by atoms with Crippen molar-refractivity contribution in [2.24, 2.45) is 0 Å². The average Bonchev–Trinajstić information content (AvgIpc) is 2.26. The molecule has 1 rings (SSSR count). The monoisotopic (exact) mass is 270 g/mol. The van der Waals surface area contributed by atoms with Crippen LogP contribution in [0.2, 0.25) is 0 Å². The van der Waals surface area contributed by atoms with E-state index in [9.17, 15) is 10.2 Å². The number of aliphatic hydroxyl groups is 2. The molecule has 5 heteroatoms. The lowest BCUT2D eigenvalue weighted by molar-refractivity contribution is 0.0340. The molecule has 1 aromatic rings. The van der Waals surface area contributed by atoms with Crippen molar-refractivity contribution in [3.63, 3.8) is 0 Å². The molecule has 0 aliphatic carbocycles. The van der Waals surface area contributed by atoms with Crippen LogP contribution in [0.25, 0.3) is 0 Å². The van der Waals surface area contributed by atoms with E-state index in [2.05, 4.69) is 20.9 Å². The normalized spacial score (nSPS) is 14.3. The summed E-state index contributed by atoms with van der Waals surface area (Å²) < 4.78 is 0. The van der Waals surface area contributed by atoms with E-state index in [0.717, 1.165) is 0 Å². The van der Waals surface area contributed by atoms with Gasteiger partial charge in [0.1, 0.15) is 17.9 Å².